The van der Waals surface area contributed by atoms with Crippen molar-refractivity contribution in [3.63, 3.8) is 0 Å². The van der Waals surface area contributed by atoms with Crippen LogP contribution in [0.4, 0.5) is 0 Å². The van der Waals surface area contributed by atoms with Gasteiger partial charge in [0.05, 0.1) is 13.2 Å². The molecule has 0 fully saturated rings. The minimum Gasteiger partial charge on any atom is -0.464 e. The molecule has 0 amide bonds. The summed E-state index contributed by atoms with van der Waals surface area (Å²) < 4.78 is 10.7. The molecule has 0 bridgehead atoms. The van der Waals surface area contributed by atoms with E-state index in [0.29, 0.717) is 37.2 Å². The SMILES string of the molecule is CCOC(=O)[C@@]1(NCc2nc(CC(C)C)no2)CCc2ccccc21. The van der Waals surface area contributed by atoms with Gasteiger partial charge < -0.3 is 9.26 Å². The Labute approximate surface area is 148 Å². The van der Waals surface area contributed by atoms with Gasteiger partial charge in [-0.25, -0.2) is 4.79 Å². The molecule has 3 rings (SSSR count). The fourth-order valence-electron chi connectivity index (χ4n) is 3.37. The highest BCUT2D eigenvalue weighted by Crippen LogP contribution is 2.38. The number of nitrogens with one attached hydrogen (secondary N) is 1. The van der Waals surface area contributed by atoms with Crippen molar-refractivity contribution in [3.05, 3.63) is 47.1 Å². The van der Waals surface area contributed by atoms with Gasteiger partial charge in [0.15, 0.2) is 5.82 Å². The number of hydrogen-bond acceptors (Lipinski definition) is 6. The number of esters is 1. The Bertz CT molecular complexity index is 741. The molecule has 0 spiro atoms. The molecule has 1 N–H and O–H groups in total. The summed E-state index contributed by atoms with van der Waals surface area (Å²) in [4.78, 5) is 17.2. The highest BCUT2D eigenvalue weighted by atomic mass is 16.5. The average Bonchev–Trinajstić information content (AvgIpc) is 3.18. The first-order valence-electron chi connectivity index (χ1n) is 8.87. The maximum atomic E-state index is 12.8. The lowest BCUT2D eigenvalue weighted by molar-refractivity contribution is -0.152. The summed E-state index contributed by atoms with van der Waals surface area (Å²) in [6.07, 6.45) is 2.28. The second kappa shape index (κ2) is 7.35. The fourth-order valence-corrected chi connectivity index (χ4v) is 3.37. The average molecular weight is 343 g/mol. The van der Waals surface area contributed by atoms with E-state index in [1.807, 2.05) is 25.1 Å². The minimum atomic E-state index is -0.848. The van der Waals surface area contributed by atoms with Gasteiger partial charge in [-0.05, 0) is 36.8 Å². The predicted octanol–water partition coefficient (Wildman–Crippen LogP) is 2.76. The number of carbonyl (C=O) groups excluding carboxylic acids is 1. The van der Waals surface area contributed by atoms with E-state index in [1.54, 1.807) is 0 Å². The van der Waals surface area contributed by atoms with Gasteiger partial charge in [0.25, 0.3) is 0 Å². The van der Waals surface area contributed by atoms with Gasteiger partial charge in [0.2, 0.25) is 5.89 Å². The van der Waals surface area contributed by atoms with Crippen LogP contribution in [0.25, 0.3) is 0 Å². The maximum absolute atomic E-state index is 12.8. The molecule has 1 heterocycles. The summed E-state index contributed by atoms with van der Waals surface area (Å²) in [5.41, 5.74) is 1.31. The number of aryl methyl sites for hydroxylation is 1. The van der Waals surface area contributed by atoms with Crippen molar-refractivity contribution in [2.75, 3.05) is 6.61 Å². The van der Waals surface area contributed by atoms with E-state index in [0.717, 1.165) is 18.4 Å². The highest BCUT2D eigenvalue weighted by molar-refractivity contribution is 5.84. The van der Waals surface area contributed by atoms with Gasteiger partial charge >= 0.3 is 5.97 Å². The van der Waals surface area contributed by atoms with Crippen LogP contribution >= 0.6 is 0 Å². The van der Waals surface area contributed by atoms with E-state index in [2.05, 4.69) is 35.4 Å². The Balaban J connectivity index is 1.80. The first-order valence-corrected chi connectivity index (χ1v) is 8.87. The molecule has 0 radical (unpaired) electrons. The molecule has 1 aliphatic rings. The van der Waals surface area contributed by atoms with Crippen LogP contribution in [0.2, 0.25) is 0 Å². The van der Waals surface area contributed by atoms with E-state index in [1.165, 1.54) is 5.56 Å². The van der Waals surface area contributed by atoms with E-state index in [9.17, 15) is 4.79 Å². The lowest BCUT2D eigenvalue weighted by Crippen LogP contribution is -2.48. The number of carbonyl (C=O) groups is 1. The second-order valence-electron chi connectivity index (χ2n) is 6.84. The molecule has 1 aliphatic carbocycles. The Kier molecular flexibility index (Phi) is 5.18. The predicted molar refractivity (Wildman–Crippen MR) is 92.8 cm³/mol. The van der Waals surface area contributed by atoms with E-state index in [4.69, 9.17) is 9.26 Å². The van der Waals surface area contributed by atoms with E-state index < -0.39 is 5.54 Å². The third kappa shape index (κ3) is 3.58. The zero-order valence-electron chi connectivity index (χ0n) is 15.0. The van der Waals surface area contributed by atoms with Crippen molar-refractivity contribution in [1.29, 1.82) is 0 Å². The lowest BCUT2D eigenvalue weighted by Gasteiger charge is -2.28. The number of fused-ring (bicyclic) bond motifs is 1. The Morgan fingerprint density at radius 3 is 2.96 bits per heavy atom. The molecule has 0 unspecified atom stereocenters. The van der Waals surface area contributed by atoms with Gasteiger partial charge in [0, 0.05) is 6.42 Å². The van der Waals surface area contributed by atoms with Crippen molar-refractivity contribution < 1.29 is 14.1 Å². The van der Waals surface area contributed by atoms with Crippen molar-refractivity contribution >= 4 is 5.97 Å². The molecule has 25 heavy (non-hydrogen) atoms. The molecule has 1 atom stereocenters. The zero-order valence-corrected chi connectivity index (χ0v) is 15.0. The lowest BCUT2D eigenvalue weighted by atomic mass is 9.91. The van der Waals surface area contributed by atoms with E-state index in [-0.39, 0.29) is 5.97 Å². The zero-order chi connectivity index (χ0) is 17.9. The molecule has 6 heteroatoms. The number of hydrogen-bond donors (Lipinski definition) is 1. The largest absolute Gasteiger partial charge is 0.464 e. The van der Waals surface area contributed by atoms with Crippen molar-refractivity contribution in [3.8, 4) is 0 Å². The molecule has 1 aromatic heterocycles. The van der Waals surface area contributed by atoms with Crippen LogP contribution in [0.5, 0.6) is 0 Å². The summed E-state index contributed by atoms with van der Waals surface area (Å²) >= 11 is 0. The first-order chi connectivity index (χ1) is 12.0. The fraction of sp³-hybridized carbons (Fsp3) is 0.526. The first kappa shape index (κ1) is 17.6. The van der Waals surface area contributed by atoms with Crippen LogP contribution in [0.15, 0.2) is 28.8 Å². The van der Waals surface area contributed by atoms with Gasteiger partial charge in [-0.3, -0.25) is 5.32 Å². The molecule has 2 aromatic rings. The molecular weight excluding hydrogens is 318 g/mol. The molecule has 6 nitrogen and oxygen atoms in total. The summed E-state index contributed by atoms with van der Waals surface area (Å²) in [6.45, 7) is 6.73. The summed E-state index contributed by atoms with van der Waals surface area (Å²) in [5, 5.41) is 7.36. The van der Waals surface area contributed by atoms with Gasteiger partial charge in [-0.1, -0.05) is 43.3 Å². The second-order valence-corrected chi connectivity index (χ2v) is 6.84. The molecule has 1 aromatic carbocycles. The van der Waals surface area contributed by atoms with Crippen molar-refractivity contribution in [2.45, 2.75) is 52.1 Å². The third-order valence-corrected chi connectivity index (χ3v) is 4.51. The number of benzene rings is 1. The Morgan fingerprint density at radius 1 is 1.40 bits per heavy atom. The molecule has 0 saturated heterocycles. The molecule has 134 valence electrons. The third-order valence-electron chi connectivity index (χ3n) is 4.51. The summed E-state index contributed by atoms with van der Waals surface area (Å²) in [5.74, 6) is 1.40. The monoisotopic (exact) mass is 343 g/mol. The van der Waals surface area contributed by atoms with Crippen LogP contribution in [-0.2, 0) is 34.5 Å². The number of ether oxygens (including phenoxy) is 1. The molecular formula is C19H25N3O3. The van der Waals surface area contributed by atoms with Crippen LogP contribution in [0.1, 0.15) is 50.0 Å². The van der Waals surface area contributed by atoms with Crippen molar-refractivity contribution in [2.24, 2.45) is 5.92 Å². The number of aromatic nitrogens is 2. The number of rotatable bonds is 7. The molecule has 0 aliphatic heterocycles. The Morgan fingerprint density at radius 2 is 2.20 bits per heavy atom. The smallest absolute Gasteiger partial charge is 0.331 e. The normalized spacial score (nSPS) is 19.2. The minimum absolute atomic E-state index is 0.248. The van der Waals surface area contributed by atoms with Crippen LogP contribution in [-0.4, -0.2) is 22.7 Å². The van der Waals surface area contributed by atoms with Gasteiger partial charge in [-0.15, -0.1) is 0 Å². The van der Waals surface area contributed by atoms with Gasteiger partial charge in [-0.2, -0.15) is 4.98 Å². The topological polar surface area (TPSA) is 77.2 Å². The quantitative estimate of drug-likeness (QED) is 0.779. The highest BCUT2D eigenvalue weighted by Gasteiger charge is 2.46. The molecule has 0 saturated carbocycles. The van der Waals surface area contributed by atoms with E-state index >= 15 is 0 Å². The maximum Gasteiger partial charge on any atom is 0.331 e. The summed E-state index contributed by atoms with van der Waals surface area (Å²) in [7, 11) is 0. The van der Waals surface area contributed by atoms with Crippen molar-refractivity contribution in [1.82, 2.24) is 15.5 Å². The number of nitrogens with zero attached hydrogens (tertiary/aromatic N) is 2. The summed E-state index contributed by atoms with van der Waals surface area (Å²) in [6, 6.07) is 8.00. The standard InChI is InChI=1S/C19H25N3O3/c1-4-24-18(23)19(10-9-14-7-5-6-8-15(14)19)20-12-17-21-16(22-25-17)11-13(2)3/h5-8,13,20H,4,9-12H2,1-3H3/t19-/m1/s1. The Hall–Kier alpha value is -2.21. The van der Waals surface area contributed by atoms with Crippen LogP contribution in [0, 0.1) is 5.92 Å². The van der Waals surface area contributed by atoms with Crippen LogP contribution in [0.3, 0.4) is 0 Å². The van der Waals surface area contributed by atoms with Crippen LogP contribution < -0.4 is 5.32 Å². The van der Waals surface area contributed by atoms with Gasteiger partial charge in [0.1, 0.15) is 5.54 Å².